The molecule has 0 unspecified atom stereocenters. The van der Waals surface area contributed by atoms with Crippen LogP contribution in [0.1, 0.15) is 16.8 Å². The number of rotatable bonds is 5. The quantitative estimate of drug-likeness (QED) is 0.787. The number of nitriles is 1. The van der Waals surface area contributed by atoms with Crippen LogP contribution in [-0.2, 0) is 11.9 Å². The Balaban J connectivity index is 2.05. The lowest BCUT2D eigenvalue weighted by atomic mass is 10.1. The van der Waals surface area contributed by atoms with E-state index < -0.39 is 0 Å². The standard InChI is InChI=1S/C15H13BrN2O2/c1-19-15-5-2-11(6-12(15)8-17)10-20-14-4-3-13(7-16)18-9-14/h2-6,9H,7,10H2,1H3. The number of halogens is 1. The van der Waals surface area contributed by atoms with E-state index in [1.54, 1.807) is 25.4 Å². The van der Waals surface area contributed by atoms with Crippen LogP contribution >= 0.6 is 15.9 Å². The molecule has 0 amide bonds. The summed E-state index contributed by atoms with van der Waals surface area (Å²) >= 11 is 3.34. The van der Waals surface area contributed by atoms with Crippen LogP contribution in [0.4, 0.5) is 0 Å². The first-order valence-electron chi connectivity index (χ1n) is 5.97. The van der Waals surface area contributed by atoms with E-state index in [2.05, 4.69) is 27.0 Å². The second kappa shape index (κ2) is 6.92. The molecule has 0 atom stereocenters. The molecule has 0 saturated carbocycles. The van der Waals surface area contributed by atoms with Gasteiger partial charge in [-0.05, 0) is 29.8 Å². The molecule has 0 spiro atoms. The summed E-state index contributed by atoms with van der Waals surface area (Å²) in [5.41, 5.74) is 2.36. The average Bonchev–Trinajstić information content (AvgIpc) is 2.53. The third-order valence-electron chi connectivity index (χ3n) is 2.72. The highest BCUT2D eigenvalue weighted by Crippen LogP contribution is 2.20. The third kappa shape index (κ3) is 3.49. The third-order valence-corrected chi connectivity index (χ3v) is 3.30. The van der Waals surface area contributed by atoms with Crippen molar-refractivity contribution >= 4 is 15.9 Å². The van der Waals surface area contributed by atoms with Crippen molar-refractivity contribution in [2.75, 3.05) is 7.11 Å². The fourth-order valence-corrected chi connectivity index (χ4v) is 2.01. The largest absolute Gasteiger partial charge is 0.495 e. The fourth-order valence-electron chi connectivity index (χ4n) is 1.67. The van der Waals surface area contributed by atoms with Gasteiger partial charge in [-0.25, -0.2) is 0 Å². The maximum atomic E-state index is 9.03. The second-order valence-corrected chi connectivity index (χ2v) is 4.61. The first-order chi connectivity index (χ1) is 9.76. The Morgan fingerprint density at radius 2 is 2.15 bits per heavy atom. The number of benzene rings is 1. The number of hydrogen-bond acceptors (Lipinski definition) is 4. The minimum absolute atomic E-state index is 0.383. The zero-order chi connectivity index (χ0) is 14.4. The van der Waals surface area contributed by atoms with E-state index >= 15 is 0 Å². The van der Waals surface area contributed by atoms with Crippen molar-refractivity contribution in [1.82, 2.24) is 4.98 Å². The van der Waals surface area contributed by atoms with Gasteiger partial charge in [0.15, 0.2) is 0 Å². The van der Waals surface area contributed by atoms with E-state index in [0.29, 0.717) is 23.7 Å². The van der Waals surface area contributed by atoms with E-state index in [9.17, 15) is 0 Å². The van der Waals surface area contributed by atoms with Crippen LogP contribution in [0.5, 0.6) is 11.5 Å². The van der Waals surface area contributed by atoms with Gasteiger partial charge in [0.2, 0.25) is 0 Å². The Morgan fingerprint density at radius 3 is 2.75 bits per heavy atom. The predicted molar refractivity (Wildman–Crippen MR) is 78.9 cm³/mol. The van der Waals surface area contributed by atoms with Crippen LogP contribution in [0, 0.1) is 11.3 Å². The Labute approximate surface area is 126 Å². The number of alkyl halides is 1. The van der Waals surface area contributed by atoms with Gasteiger partial charge in [-0.2, -0.15) is 5.26 Å². The summed E-state index contributed by atoms with van der Waals surface area (Å²) in [4.78, 5) is 4.23. The molecule has 2 rings (SSSR count). The van der Waals surface area contributed by atoms with Crippen LogP contribution in [-0.4, -0.2) is 12.1 Å². The highest BCUT2D eigenvalue weighted by molar-refractivity contribution is 9.08. The average molecular weight is 333 g/mol. The zero-order valence-corrected chi connectivity index (χ0v) is 12.6. The molecule has 0 aliphatic carbocycles. The van der Waals surface area contributed by atoms with E-state index in [1.165, 1.54) is 0 Å². The topological polar surface area (TPSA) is 55.1 Å². The summed E-state index contributed by atoms with van der Waals surface area (Å²) in [6, 6.07) is 11.3. The molecule has 1 aromatic carbocycles. The number of ether oxygens (including phenoxy) is 2. The maximum Gasteiger partial charge on any atom is 0.138 e. The van der Waals surface area contributed by atoms with E-state index in [1.807, 2.05) is 18.2 Å². The van der Waals surface area contributed by atoms with Crippen molar-refractivity contribution in [3.63, 3.8) is 0 Å². The summed E-state index contributed by atoms with van der Waals surface area (Å²) in [6.07, 6.45) is 1.69. The minimum Gasteiger partial charge on any atom is -0.495 e. The number of pyridine rings is 1. The number of hydrogen-bond donors (Lipinski definition) is 0. The van der Waals surface area contributed by atoms with Gasteiger partial charge in [-0.3, -0.25) is 4.98 Å². The van der Waals surface area contributed by atoms with Crippen LogP contribution in [0.15, 0.2) is 36.5 Å². The highest BCUT2D eigenvalue weighted by Gasteiger charge is 2.04. The Bertz CT molecular complexity index is 621. The smallest absolute Gasteiger partial charge is 0.138 e. The fraction of sp³-hybridized carbons (Fsp3) is 0.200. The molecule has 5 heteroatoms. The molecule has 0 N–H and O–H groups in total. The molecule has 102 valence electrons. The van der Waals surface area contributed by atoms with Crippen LogP contribution in [0.3, 0.4) is 0 Å². The van der Waals surface area contributed by atoms with Crippen molar-refractivity contribution in [2.45, 2.75) is 11.9 Å². The molecule has 0 radical (unpaired) electrons. The van der Waals surface area contributed by atoms with Crippen LogP contribution in [0.25, 0.3) is 0 Å². The SMILES string of the molecule is COc1ccc(COc2ccc(CBr)nc2)cc1C#N. The lowest BCUT2D eigenvalue weighted by molar-refractivity contribution is 0.304. The Hall–Kier alpha value is -2.06. The number of aromatic nitrogens is 1. The monoisotopic (exact) mass is 332 g/mol. The molecule has 0 saturated heterocycles. The molecule has 4 nitrogen and oxygen atoms in total. The van der Waals surface area contributed by atoms with Crippen molar-refractivity contribution < 1.29 is 9.47 Å². The summed E-state index contributed by atoms with van der Waals surface area (Å²) in [5, 5.41) is 9.75. The molecule has 0 fully saturated rings. The lowest BCUT2D eigenvalue weighted by Gasteiger charge is -2.08. The summed E-state index contributed by atoms with van der Waals surface area (Å²) in [5.74, 6) is 1.27. The summed E-state index contributed by atoms with van der Waals surface area (Å²) in [7, 11) is 1.55. The van der Waals surface area contributed by atoms with E-state index in [4.69, 9.17) is 14.7 Å². The van der Waals surface area contributed by atoms with Gasteiger partial charge in [0, 0.05) is 5.33 Å². The molecular weight excluding hydrogens is 320 g/mol. The van der Waals surface area contributed by atoms with Gasteiger partial charge in [-0.15, -0.1) is 0 Å². The van der Waals surface area contributed by atoms with Crippen LogP contribution in [0.2, 0.25) is 0 Å². The van der Waals surface area contributed by atoms with Gasteiger partial charge in [0.05, 0.1) is 24.6 Å². The number of nitrogens with zero attached hydrogens (tertiary/aromatic N) is 2. The van der Waals surface area contributed by atoms with E-state index in [0.717, 1.165) is 16.6 Å². The summed E-state index contributed by atoms with van der Waals surface area (Å²) < 4.78 is 10.7. The first kappa shape index (κ1) is 14.4. The molecular formula is C15H13BrN2O2. The van der Waals surface area contributed by atoms with Gasteiger partial charge >= 0.3 is 0 Å². The van der Waals surface area contributed by atoms with Gasteiger partial charge in [0.25, 0.3) is 0 Å². The van der Waals surface area contributed by atoms with Crippen molar-refractivity contribution in [3.8, 4) is 17.6 Å². The van der Waals surface area contributed by atoms with Crippen molar-refractivity contribution in [3.05, 3.63) is 53.3 Å². The molecule has 1 aromatic heterocycles. The Kier molecular flexibility index (Phi) is 4.97. The predicted octanol–water partition coefficient (Wildman–Crippen LogP) is 3.44. The zero-order valence-electron chi connectivity index (χ0n) is 11.0. The molecule has 0 bridgehead atoms. The van der Waals surface area contributed by atoms with E-state index in [-0.39, 0.29) is 0 Å². The Morgan fingerprint density at radius 1 is 1.30 bits per heavy atom. The second-order valence-electron chi connectivity index (χ2n) is 4.05. The van der Waals surface area contributed by atoms with Crippen molar-refractivity contribution in [1.29, 1.82) is 5.26 Å². The first-order valence-corrected chi connectivity index (χ1v) is 7.09. The van der Waals surface area contributed by atoms with Crippen LogP contribution < -0.4 is 9.47 Å². The molecule has 0 aliphatic rings. The highest BCUT2D eigenvalue weighted by atomic mass is 79.9. The molecule has 2 aromatic rings. The van der Waals surface area contributed by atoms with Crippen molar-refractivity contribution in [2.24, 2.45) is 0 Å². The minimum atomic E-state index is 0.383. The normalized spacial score (nSPS) is 9.85. The van der Waals surface area contributed by atoms with Gasteiger partial charge in [-0.1, -0.05) is 22.0 Å². The lowest BCUT2D eigenvalue weighted by Crippen LogP contribution is -1.98. The van der Waals surface area contributed by atoms with Gasteiger partial charge in [0.1, 0.15) is 24.2 Å². The molecule has 20 heavy (non-hydrogen) atoms. The number of methoxy groups -OCH3 is 1. The summed E-state index contributed by atoms with van der Waals surface area (Å²) in [6.45, 7) is 0.383. The van der Waals surface area contributed by atoms with Gasteiger partial charge < -0.3 is 9.47 Å². The maximum absolute atomic E-state index is 9.03. The molecule has 1 heterocycles. The molecule has 0 aliphatic heterocycles.